The van der Waals surface area contributed by atoms with Crippen LogP contribution in [0.3, 0.4) is 0 Å². The summed E-state index contributed by atoms with van der Waals surface area (Å²) in [5.74, 6) is 0.546. The van der Waals surface area contributed by atoms with E-state index in [-0.39, 0.29) is 17.5 Å². The molecule has 0 amide bonds. The molecule has 1 aliphatic rings. The first-order chi connectivity index (χ1) is 7.57. The van der Waals surface area contributed by atoms with E-state index < -0.39 is 9.84 Å². The molecule has 1 aromatic heterocycles. The topological polar surface area (TPSA) is 50.3 Å². The van der Waals surface area contributed by atoms with Gasteiger partial charge in [0.1, 0.15) is 0 Å². The van der Waals surface area contributed by atoms with E-state index in [0.717, 1.165) is 12.1 Å². The summed E-state index contributed by atoms with van der Waals surface area (Å²) in [4.78, 5) is 6.25. The number of hydrogen-bond donors (Lipinski definition) is 0. The van der Waals surface area contributed by atoms with Crippen molar-refractivity contribution in [2.24, 2.45) is 0 Å². The Labute approximate surface area is 96.2 Å². The predicted octanol–water partition coefficient (Wildman–Crippen LogP) is 0.700. The van der Waals surface area contributed by atoms with Crippen molar-refractivity contribution in [3.63, 3.8) is 0 Å². The molecule has 0 saturated carbocycles. The van der Waals surface area contributed by atoms with E-state index in [2.05, 4.69) is 9.88 Å². The number of aromatic nitrogens is 1. The van der Waals surface area contributed by atoms with Crippen molar-refractivity contribution in [2.45, 2.75) is 19.5 Å². The van der Waals surface area contributed by atoms with Crippen LogP contribution in [-0.4, -0.2) is 42.4 Å². The maximum atomic E-state index is 11.4. The lowest BCUT2D eigenvalue weighted by Crippen LogP contribution is -2.46. The van der Waals surface area contributed by atoms with E-state index >= 15 is 0 Å². The van der Waals surface area contributed by atoms with Gasteiger partial charge in [-0.2, -0.15) is 0 Å². The first kappa shape index (κ1) is 11.5. The average Bonchev–Trinajstić information content (AvgIpc) is 2.23. The Balaban J connectivity index is 2.02. The molecule has 1 atom stereocenters. The highest BCUT2D eigenvalue weighted by atomic mass is 32.2. The molecule has 1 aromatic rings. The summed E-state index contributed by atoms with van der Waals surface area (Å²) < 4.78 is 22.8. The molecule has 0 aliphatic carbocycles. The largest absolute Gasteiger partial charge is 0.294 e. The van der Waals surface area contributed by atoms with Crippen LogP contribution >= 0.6 is 0 Å². The second kappa shape index (κ2) is 4.51. The van der Waals surface area contributed by atoms with Crippen LogP contribution in [0, 0.1) is 0 Å². The van der Waals surface area contributed by atoms with Crippen LogP contribution in [0.2, 0.25) is 0 Å². The first-order valence-corrected chi connectivity index (χ1v) is 7.22. The number of nitrogens with zero attached hydrogens (tertiary/aromatic N) is 2. The van der Waals surface area contributed by atoms with E-state index in [9.17, 15) is 8.42 Å². The van der Waals surface area contributed by atoms with Crippen LogP contribution in [0.1, 0.15) is 12.5 Å². The normalized spacial score (nSPS) is 25.4. The summed E-state index contributed by atoms with van der Waals surface area (Å²) >= 11 is 0. The summed E-state index contributed by atoms with van der Waals surface area (Å²) in [6.07, 6.45) is 3.57. The van der Waals surface area contributed by atoms with Crippen molar-refractivity contribution in [1.82, 2.24) is 9.88 Å². The molecular formula is C11H16N2O2S. The van der Waals surface area contributed by atoms with Gasteiger partial charge in [0.05, 0.1) is 11.5 Å². The van der Waals surface area contributed by atoms with Crippen LogP contribution < -0.4 is 0 Å². The summed E-state index contributed by atoms with van der Waals surface area (Å²) in [6, 6.07) is 4.02. The monoisotopic (exact) mass is 240 g/mol. The van der Waals surface area contributed by atoms with Gasteiger partial charge in [0.15, 0.2) is 9.84 Å². The minimum Gasteiger partial charge on any atom is -0.294 e. The highest BCUT2D eigenvalue weighted by molar-refractivity contribution is 7.91. The lowest BCUT2D eigenvalue weighted by atomic mass is 10.2. The predicted molar refractivity (Wildman–Crippen MR) is 62.8 cm³/mol. The molecule has 16 heavy (non-hydrogen) atoms. The zero-order valence-corrected chi connectivity index (χ0v) is 10.2. The van der Waals surface area contributed by atoms with Crippen LogP contribution in [0.4, 0.5) is 0 Å². The van der Waals surface area contributed by atoms with E-state index in [0.29, 0.717) is 6.54 Å². The van der Waals surface area contributed by atoms with E-state index in [1.807, 2.05) is 25.3 Å². The van der Waals surface area contributed by atoms with Crippen LogP contribution in [0.15, 0.2) is 24.5 Å². The van der Waals surface area contributed by atoms with E-state index in [1.165, 1.54) is 0 Å². The average molecular weight is 240 g/mol. The Kier molecular flexibility index (Phi) is 3.25. The third-order valence-electron chi connectivity index (χ3n) is 2.92. The van der Waals surface area contributed by atoms with Gasteiger partial charge in [-0.3, -0.25) is 9.88 Å². The van der Waals surface area contributed by atoms with Crippen molar-refractivity contribution >= 4 is 9.84 Å². The van der Waals surface area contributed by atoms with Crippen LogP contribution in [0.5, 0.6) is 0 Å². The van der Waals surface area contributed by atoms with Gasteiger partial charge in [0.25, 0.3) is 0 Å². The highest BCUT2D eigenvalue weighted by Gasteiger charge is 2.27. The molecule has 88 valence electrons. The molecule has 2 rings (SSSR count). The summed E-state index contributed by atoms with van der Waals surface area (Å²) in [5, 5.41) is 0. The SMILES string of the molecule is C[C@@H]1CS(=O)(=O)CCN1Cc1cccnc1. The number of sulfone groups is 1. The Morgan fingerprint density at radius 2 is 2.38 bits per heavy atom. The molecular weight excluding hydrogens is 224 g/mol. The minimum absolute atomic E-state index is 0.0963. The van der Waals surface area contributed by atoms with Gasteiger partial charge in [-0.15, -0.1) is 0 Å². The maximum absolute atomic E-state index is 11.4. The van der Waals surface area contributed by atoms with Gasteiger partial charge >= 0.3 is 0 Å². The zero-order valence-electron chi connectivity index (χ0n) is 9.33. The molecule has 0 radical (unpaired) electrons. The van der Waals surface area contributed by atoms with E-state index in [1.54, 1.807) is 6.20 Å². The maximum Gasteiger partial charge on any atom is 0.153 e. The molecule has 0 aromatic carbocycles. The van der Waals surface area contributed by atoms with E-state index in [4.69, 9.17) is 0 Å². The number of pyridine rings is 1. The first-order valence-electron chi connectivity index (χ1n) is 5.40. The summed E-state index contributed by atoms with van der Waals surface area (Å²) in [5.41, 5.74) is 1.13. The quantitative estimate of drug-likeness (QED) is 0.763. The third-order valence-corrected chi connectivity index (χ3v) is 4.71. The fraction of sp³-hybridized carbons (Fsp3) is 0.545. The third kappa shape index (κ3) is 2.80. The molecule has 4 nitrogen and oxygen atoms in total. The Morgan fingerprint density at radius 3 is 3.00 bits per heavy atom. The van der Waals surface area contributed by atoms with Crippen LogP contribution in [0.25, 0.3) is 0 Å². The van der Waals surface area contributed by atoms with Gasteiger partial charge in [0.2, 0.25) is 0 Å². The van der Waals surface area contributed by atoms with Crippen molar-refractivity contribution in [1.29, 1.82) is 0 Å². The Bertz CT molecular complexity index is 444. The molecule has 1 saturated heterocycles. The molecule has 2 heterocycles. The standard InChI is InChI=1S/C11H16N2O2S/c1-10-9-16(14,15)6-5-13(10)8-11-3-2-4-12-7-11/h2-4,7,10H,5-6,8-9H2,1H3/t10-/m1/s1. The smallest absolute Gasteiger partial charge is 0.153 e. The highest BCUT2D eigenvalue weighted by Crippen LogP contribution is 2.14. The fourth-order valence-corrected chi connectivity index (χ4v) is 3.62. The van der Waals surface area contributed by atoms with Gasteiger partial charge in [0, 0.05) is 31.5 Å². The van der Waals surface area contributed by atoms with Gasteiger partial charge in [-0.25, -0.2) is 8.42 Å². The molecule has 0 unspecified atom stereocenters. The fourth-order valence-electron chi connectivity index (χ4n) is 1.99. The summed E-state index contributed by atoms with van der Waals surface area (Å²) in [7, 11) is -2.81. The van der Waals surface area contributed by atoms with Crippen molar-refractivity contribution in [3.05, 3.63) is 30.1 Å². The second-order valence-electron chi connectivity index (χ2n) is 4.30. The van der Waals surface area contributed by atoms with Gasteiger partial charge < -0.3 is 0 Å². The molecule has 0 N–H and O–H groups in total. The Morgan fingerprint density at radius 1 is 1.56 bits per heavy atom. The molecule has 1 fully saturated rings. The lowest BCUT2D eigenvalue weighted by molar-refractivity contribution is 0.218. The lowest BCUT2D eigenvalue weighted by Gasteiger charge is -2.32. The van der Waals surface area contributed by atoms with Crippen LogP contribution in [-0.2, 0) is 16.4 Å². The zero-order chi connectivity index (χ0) is 11.6. The Hall–Kier alpha value is -0.940. The summed E-state index contributed by atoms with van der Waals surface area (Å²) in [6.45, 7) is 3.37. The second-order valence-corrected chi connectivity index (χ2v) is 6.52. The van der Waals surface area contributed by atoms with Crippen molar-refractivity contribution in [3.8, 4) is 0 Å². The minimum atomic E-state index is -2.81. The number of hydrogen-bond acceptors (Lipinski definition) is 4. The molecule has 0 bridgehead atoms. The van der Waals surface area contributed by atoms with Crippen molar-refractivity contribution < 1.29 is 8.42 Å². The molecule has 5 heteroatoms. The van der Waals surface area contributed by atoms with Crippen molar-refractivity contribution in [2.75, 3.05) is 18.1 Å². The van der Waals surface area contributed by atoms with Gasteiger partial charge in [-0.05, 0) is 18.6 Å². The molecule has 1 aliphatic heterocycles. The van der Waals surface area contributed by atoms with Gasteiger partial charge in [-0.1, -0.05) is 6.07 Å². The molecule has 0 spiro atoms. The number of rotatable bonds is 2.